The summed E-state index contributed by atoms with van der Waals surface area (Å²) in [6, 6.07) is 13.5. The van der Waals surface area contributed by atoms with Crippen molar-refractivity contribution in [3.63, 3.8) is 0 Å². The molecule has 0 bridgehead atoms. The summed E-state index contributed by atoms with van der Waals surface area (Å²) in [6.07, 6.45) is 10.0. The van der Waals surface area contributed by atoms with Gasteiger partial charge < -0.3 is 4.90 Å². The van der Waals surface area contributed by atoms with E-state index in [9.17, 15) is 0 Å². The zero-order chi connectivity index (χ0) is 13.7. The van der Waals surface area contributed by atoms with Gasteiger partial charge in [-0.15, -0.1) is 47.0 Å². The zero-order valence-electron chi connectivity index (χ0n) is 12.4. The van der Waals surface area contributed by atoms with E-state index in [0.29, 0.717) is 6.04 Å². The summed E-state index contributed by atoms with van der Waals surface area (Å²) in [5.41, 5.74) is 1.42. The SMILES string of the molecule is CC([c-]1ccc2ccccc21)N(C)C.[C-]1=CC=CC1.[Zr+2]. The second kappa shape index (κ2) is 8.44. The molecule has 0 spiro atoms. The molecule has 0 fully saturated rings. The fourth-order valence-corrected chi connectivity index (χ4v) is 2.16. The molecule has 0 saturated carbocycles. The normalized spacial score (nSPS) is 14.0. The molecular weight excluding hydrogens is 321 g/mol. The van der Waals surface area contributed by atoms with Gasteiger partial charge in [0.1, 0.15) is 0 Å². The van der Waals surface area contributed by atoms with Crippen LogP contribution in [-0.4, -0.2) is 19.0 Å². The Labute approximate surface area is 141 Å². The van der Waals surface area contributed by atoms with Crippen molar-refractivity contribution in [3.8, 4) is 0 Å². The minimum absolute atomic E-state index is 0. The van der Waals surface area contributed by atoms with Crippen molar-refractivity contribution in [2.75, 3.05) is 14.1 Å². The quantitative estimate of drug-likeness (QED) is 0.727. The second-order valence-electron chi connectivity index (χ2n) is 5.02. The van der Waals surface area contributed by atoms with Crippen LogP contribution in [-0.2, 0) is 26.2 Å². The summed E-state index contributed by atoms with van der Waals surface area (Å²) in [4.78, 5) is 2.24. The molecule has 102 valence electrons. The summed E-state index contributed by atoms with van der Waals surface area (Å²) in [5, 5.41) is 2.73. The Kier molecular flexibility index (Phi) is 7.26. The van der Waals surface area contributed by atoms with Crippen molar-refractivity contribution in [2.24, 2.45) is 0 Å². The molecule has 0 amide bonds. The number of rotatable bonds is 2. The largest absolute Gasteiger partial charge is 2.00 e. The Balaban J connectivity index is 0.000000283. The van der Waals surface area contributed by atoms with Crippen molar-refractivity contribution < 1.29 is 26.2 Å². The van der Waals surface area contributed by atoms with Gasteiger partial charge in [0.05, 0.1) is 0 Å². The number of nitrogens with zero attached hydrogens (tertiary/aromatic N) is 1. The van der Waals surface area contributed by atoms with E-state index in [2.05, 4.69) is 74.5 Å². The van der Waals surface area contributed by atoms with Gasteiger partial charge in [-0.25, -0.2) is 12.2 Å². The standard InChI is InChI=1S/C13H16N.C5H5.Zr/c1-10(14(2)3)12-9-8-11-6-4-5-7-13(11)12;1-2-4-5-3-1;/h4-10H,1-3H3;1-3H,4H2;/q2*-1;+2. The van der Waals surface area contributed by atoms with Crippen LogP contribution in [0.3, 0.4) is 0 Å². The number of hydrogen-bond acceptors (Lipinski definition) is 1. The first kappa shape index (κ1) is 17.2. The van der Waals surface area contributed by atoms with Gasteiger partial charge in [0.25, 0.3) is 0 Å². The fourth-order valence-electron chi connectivity index (χ4n) is 2.16. The zero-order valence-corrected chi connectivity index (χ0v) is 14.9. The average Bonchev–Trinajstić information content (AvgIpc) is 3.10. The first-order chi connectivity index (χ1) is 9.20. The Hall–Kier alpha value is -0.847. The predicted molar refractivity (Wildman–Crippen MR) is 83.2 cm³/mol. The molecule has 1 atom stereocenters. The van der Waals surface area contributed by atoms with Crippen LogP contribution in [0.2, 0.25) is 0 Å². The van der Waals surface area contributed by atoms with E-state index in [4.69, 9.17) is 0 Å². The summed E-state index contributed by atoms with van der Waals surface area (Å²) in [6.45, 7) is 2.24. The minimum atomic E-state index is 0. The Morgan fingerprint density at radius 2 is 1.95 bits per heavy atom. The van der Waals surface area contributed by atoms with Gasteiger partial charge >= 0.3 is 26.2 Å². The fraction of sp³-hybridized carbons (Fsp3) is 0.278. The van der Waals surface area contributed by atoms with Gasteiger partial charge in [-0.05, 0) is 20.1 Å². The molecule has 0 radical (unpaired) electrons. The summed E-state index contributed by atoms with van der Waals surface area (Å²) in [5.74, 6) is 0. The van der Waals surface area contributed by atoms with E-state index in [1.54, 1.807) is 0 Å². The number of hydrogen-bond donors (Lipinski definition) is 0. The molecule has 0 heterocycles. The molecule has 1 aliphatic carbocycles. The van der Waals surface area contributed by atoms with Crippen molar-refractivity contribution in [1.29, 1.82) is 0 Å². The van der Waals surface area contributed by atoms with Crippen LogP contribution in [0, 0.1) is 6.08 Å². The monoisotopic (exact) mass is 341 g/mol. The van der Waals surface area contributed by atoms with E-state index in [1.165, 1.54) is 16.3 Å². The maximum absolute atomic E-state index is 2.99. The third-order valence-corrected chi connectivity index (χ3v) is 3.52. The Morgan fingerprint density at radius 1 is 1.20 bits per heavy atom. The third kappa shape index (κ3) is 4.33. The smallest absolute Gasteiger partial charge is 0.311 e. The summed E-state index contributed by atoms with van der Waals surface area (Å²) < 4.78 is 0. The van der Waals surface area contributed by atoms with Gasteiger partial charge in [-0.2, -0.15) is 12.1 Å². The second-order valence-corrected chi connectivity index (χ2v) is 5.02. The van der Waals surface area contributed by atoms with Crippen LogP contribution in [0.5, 0.6) is 0 Å². The molecule has 0 aliphatic heterocycles. The van der Waals surface area contributed by atoms with E-state index >= 15 is 0 Å². The average molecular weight is 343 g/mol. The molecule has 2 aromatic carbocycles. The minimum Gasteiger partial charge on any atom is -0.311 e. The van der Waals surface area contributed by atoms with Gasteiger partial charge in [0.2, 0.25) is 0 Å². The molecule has 1 aliphatic rings. The van der Waals surface area contributed by atoms with Crippen molar-refractivity contribution >= 4 is 10.8 Å². The molecule has 3 rings (SSSR count). The molecule has 1 unspecified atom stereocenters. The first-order valence-corrected chi connectivity index (χ1v) is 6.72. The molecule has 1 nitrogen and oxygen atoms in total. The van der Waals surface area contributed by atoms with Gasteiger partial charge in [0, 0.05) is 0 Å². The van der Waals surface area contributed by atoms with Crippen molar-refractivity contribution in [2.45, 2.75) is 19.4 Å². The van der Waals surface area contributed by atoms with Crippen LogP contribution in [0.1, 0.15) is 24.9 Å². The van der Waals surface area contributed by atoms with E-state index in [-0.39, 0.29) is 26.2 Å². The molecule has 20 heavy (non-hydrogen) atoms. The number of fused-ring (bicyclic) bond motifs is 1. The van der Waals surface area contributed by atoms with Crippen LogP contribution in [0.15, 0.2) is 54.6 Å². The van der Waals surface area contributed by atoms with Crippen LogP contribution in [0.4, 0.5) is 0 Å². The molecule has 0 saturated heterocycles. The van der Waals surface area contributed by atoms with Crippen molar-refractivity contribution in [1.82, 2.24) is 4.90 Å². The van der Waals surface area contributed by atoms with E-state index in [0.717, 1.165) is 6.42 Å². The van der Waals surface area contributed by atoms with Gasteiger partial charge in [-0.3, -0.25) is 6.08 Å². The first-order valence-electron chi connectivity index (χ1n) is 6.72. The maximum atomic E-state index is 2.99. The van der Waals surface area contributed by atoms with Crippen LogP contribution in [0.25, 0.3) is 10.8 Å². The Bertz CT molecular complexity index is 568. The number of allylic oxidation sites excluding steroid dienone is 4. The molecule has 0 aromatic heterocycles. The molecule has 2 aromatic rings. The van der Waals surface area contributed by atoms with Gasteiger partial charge in [-0.1, -0.05) is 13.0 Å². The molecule has 0 N–H and O–H groups in total. The van der Waals surface area contributed by atoms with Crippen LogP contribution >= 0.6 is 0 Å². The predicted octanol–water partition coefficient (Wildman–Crippen LogP) is 4.48. The number of benzene rings is 1. The third-order valence-electron chi connectivity index (χ3n) is 3.52. The summed E-state index contributed by atoms with van der Waals surface area (Å²) >= 11 is 0. The van der Waals surface area contributed by atoms with Crippen LogP contribution < -0.4 is 0 Å². The Morgan fingerprint density at radius 3 is 2.50 bits per heavy atom. The molecular formula is C18H21NZr. The van der Waals surface area contributed by atoms with E-state index < -0.39 is 0 Å². The van der Waals surface area contributed by atoms with E-state index in [1.807, 2.05) is 12.2 Å². The topological polar surface area (TPSA) is 3.24 Å². The molecule has 2 heteroatoms. The van der Waals surface area contributed by atoms with Crippen molar-refractivity contribution in [3.05, 3.63) is 66.3 Å². The van der Waals surface area contributed by atoms with Gasteiger partial charge in [0.15, 0.2) is 0 Å². The summed E-state index contributed by atoms with van der Waals surface area (Å²) in [7, 11) is 4.24. The maximum Gasteiger partial charge on any atom is 2.00 e.